The molecule has 1 amide bonds. The van der Waals surface area contributed by atoms with Crippen LogP contribution in [0.2, 0.25) is 0 Å². The molecule has 0 radical (unpaired) electrons. The smallest absolute Gasteiger partial charge is 0.233 e. The summed E-state index contributed by atoms with van der Waals surface area (Å²) in [6.07, 6.45) is 2.77. The summed E-state index contributed by atoms with van der Waals surface area (Å²) in [5.41, 5.74) is 0. The zero-order valence-corrected chi connectivity index (χ0v) is 14.3. The van der Waals surface area contributed by atoms with Gasteiger partial charge < -0.3 is 9.88 Å². The van der Waals surface area contributed by atoms with Gasteiger partial charge in [0.1, 0.15) is 5.82 Å². The first kappa shape index (κ1) is 15.8. The van der Waals surface area contributed by atoms with Crippen molar-refractivity contribution < 1.29 is 13.2 Å². The third-order valence-electron chi connectivity index (χ3n) is 3.98. The van der Waals surface area contributed by atoms with Crippen LogP contribution in [0.15, 0.2) is 5.16 Å². The Hall–Kier alpha value is -1.09. The topological polar surface area (TPSA) is 94.0 Å². The highest BCUT2D eigenvalue weighted by Gasteiger charge is 2.32. The molecule has 3 rings (SSSR count). The van der Waals surface area contributed by atoms with Gasteiger partial charge in [-0.05, 0) is 33.1 Å². The molecule has 7 nitrogen and oxygen atoms in total. The van der Waals surface area contributed by atoms with Crippen LogP contribution < -0.4 is 5.32 Å². The van der Waals surface area contributed by atoms with Crippen LogP contribution in [0, 0.1) is 6.92 Å². The predicted octanol–water partition coefficient (Wildman–Crippen LogP) is 0.705. The van der Waals surface area contributed by atoms with Crippen molar-refractivity contribution in [3.8, 4) is 0 Å². The lowest BCUT2D eigenvalue weighted by Gasteiger charge is -2.15. The van der Waals surface area contributed by atoms with E-state index < -0.39 is 9.84 Å². The zero-order chi connectivity index (χ0) is 15.9. The molecule has 1 saturated heterocycles. The molecule has 122 valence electrons. The van der Waals surface area contributed by atoms with Crippen molar-refractivity contribution in [3.63, 3.8) is 0 Å². The lowest BCUT2D eigenvalue weighted by molar-refractivity contribution is -0.120. The van der Waals surface area contributed by atoms with Crippen LogP contribution in [0.25, 0.3) is 0 Å². The second-order valence-electron chi connectivity index (χ2n) is 6.00. The monoisotopic (exact) mass is 344 g/mol. The SMILES string of the molecule is Cc1nnc(S[C@H](C)C(=O)N[C@H]2CCS(=O)(=O)C2)n1C1CC1. The van der Waals surface area contributed by atoms with Crippen molar-refractivity contribution in [2.75, 3.05) is 11.5 Å². The standard InChI is InChI=1S/C13H20N4O3S2/c1-8(12(18)14-10-5-6-22(19,20)7-10)21-13-16-15-9(2)17(13)11-3-4-11/h8,10-11H,3-7H2,1-2H3,(H,14,18)/t8-,10+/m1/s1. The summed E-state index contributed by atoms with van der Waals surface area (Å²) in [7, 11) is -2.98. The molecular weight excluding hydrogens is 324 g/mol. The van der Waals surface area contributed by atoms with Crippen LogP contribution in [-0.2, 0) is 14.6 Å². The molecule has 22 heavy (non-hydrogen) atoms. The van der Waals surface area contributed by atoms with Gasteiger partial charge in [-0.25, -0.2) is 8.42 Å². The second-order valence-corrected chi connectivity index (χ2v) is 9.54. The number of carbonyl (C=O) groups excluding carboxylic acids is 1. The van der Waals surface area contributed by atoms with E-state index >= 15 is 0 Å². The molecule has 1 aromatic rings. The molecule has 2 atom stereocenters. The maximum absolute atomic E-state index is 12.2. The molecular formula is C13H20N4O3S2. The van der Waals surface area contributed by atoms with Gasteiger partial charge in [0, 0.05) is 12.1 Å². The van der Waals surface area contributed by atoms with Crippen molar-refractivity contribution in [2.45, 2.75) is 55.6 Å². The van der Waals surface area contributed by atoms with Crippen LogP contribution in [0.1, 0.15) is 38.1 Å². The first-order chi connectivity index (χ1) is 10.4. The van der Waals surface area contributed by atoms with Gasteiger partial charge in [-0.2, -0.15) is 0 Å². The fraction of sp³-hybridized carbons (Fsp3) is 0.769. The number of hydrogen-bond acceptors (Lipinski definition) is 6. The first-order valence-electron chi connectivity index (χ1n) is 7.44. The highest BCUT2D eigenvalue weighted by atomic mass is 32.2. The third kappa shape index (κ3) is 3.45. The average molecular weight is 344 g/mol. The summed E-state index contributed by atoms with van der Waals surface area (Å²) in [6, 6.07) is 0.205. The van der Waals surface area contributed by atoms with Crippen molar-refractivity contribution in [1.82, 2.24) is 20.1 Å². The molecule has 2 aliphatic rings. The van der Waals surface area contributed by atoms with Crippen LogP contribution in [0.3, 0.4) is 0 Å². The van der Waals surface area contributed by atoms with Gasteiger partial charge in [0.15, 0.2) is 15.0 Å². The molecule has 9 heteroatoms. The van der Waals surface area contributed by atoms with E-state index in [0.717, 1.165) is 23.8 Å². The minimum absolute atomic E-state index is 0.0491. The summed E-state index contributed by atoms with van der Waals surface area (Å²) in [6.45, 7) is 3.73. The molecule has 0 spiro atoms. The Morgan fingerprint density at radius 2 is 2.09 bits per heavy atom. The normalized spacial score (nSPS) is 25.1. The Kier molecular flexibility index (Phi) is 4.19. The van der Waals surface area contributed by atoms with E-state index in [1.165, 1.54) is 11.8 Å². The Morgan fingerprint density at radius 1 is 1.36 bits per heavy atom. The Balaban J connectivity index is 1.60. The molecule has 1 saturated carbocycles. The van der Waals surface area contributed by atoms with Gasteiger partial charge in [-0.15, -0.1) is 10.2 Å². The molecule has 1 N–H and O–H groups in total. The van der Waals surface area contributed by atoms with E-state index in [-0.39, 0.29) is 28.7 Å². The molecule has 2 fully saturated rings. The molecule has 1 aliphatic heterocycles. The van der Waals surface area contributed by atoms with Crippen molar-refractivity contribution in [1.29, 1.82) is 0 Å². The van der Waals surface area contributed by atoms with E-state index in [1.54, 1.807) is 0 Å². The fourth-order valence-corrected chi connectivity index (χ4v) is 5.27. The van der Waals surface area contributed by atoms with E-state index in [9.17, 15) is 13.2 Å². The average Bonchev–Trinajstić information content (AvgIpc) is 3.12. The maximum Gasteiger partial charge on any atom is 0.233 e. The summed E-state index contributed by atoms with van der Waals surface area (Å²) < 4.78 is 25.0. The number of aryl methyl sites for hydroxylation is 1. The Morgan fingerprint density at radius 3 is 2.68 bits per heavy atom. The number of amides is 1. The molecule has 1 aromatic heterocycles. The van der Waals surface area contributed by atoms with E-state index in [1.807, 2.05) is 13.8 Å². The van der Waals surface area contributed by atoms with Gasteiger partial charge in [0.2, 0.25) is 5.91 Å². The number of nitrogens with one attached hydrogen (secondary N) is 1. The summed E-state index contributed by atoms with van der Waals surface area (Å²) in [5, 5.41) is 11.5. The quantitative estimate of drug-likeness (QED) is 0.791. The summed E-state index contributed by atoms with van der Waals surface area (Å²) in [5.74, 6) is 0.942. The van der Waals surface area contributed by atoms with Gasteiger partial charge in [-0.1, -0.05) is 11.8 Å². The number of hydrogen-bond donors (Lipinski definition) is 1. The molecule has 2 heterocycles. The molecule has 0 bridgehead atoms. The van der Waals surface area contributed by atoms with E-state index in [4.69, 9.17) is 0 Å². The Labute approximate surface area is 134 Å². The van der Waals surface area contributed by atoms with Crippen LogP contribution in [0.4, 0.5) is 0 Å². The van der Waals surface area contributed by atoms with Gasteiger partial charge in [-0.3, -0.25) is 4.79 Å². The third-order valence-corrected chi connectivity index (χ3v) is 6.80. The van der Waals surface area contributed by atoms with Crippen LogP contribution in [0.5, 0.6) is 0 Å². The highest BCUT2D eigenvalue weighted by molar-refractivity contribution is 8.00. The summed E-state index contributed by atoms with van der Waals surface area (Å²) in [4.78, 5) is 12.2. The van der Waals surface area contributed by atoms with Crippen molar-refractivity contribution >= 4 is 27.5 Å². The van der Waals surface area contributed by atoms with Gasteiger partial charge in [0.25, 0.3) is 0 Å². The second kappa shape index (κ2) is 5.84. The summed E-state index contributed by atoms with van der Waals surface area (Å²) >= 11 is 1.38. The van der Waals surface area contributed by atoms with Gasteiger partial charge in [0.05, 0.1) is 16.8 Å². The number of carbonyl (C=O) groups is 1. The number of rotatable bonds is 5. The first-order valence-corrected chi connectivity index (χ1v) is 10.1. The van der Waals surface area contributed by atoms with Gasteiger partial charge >= 0.3 is 0 Å². The molecule has 0 aromatic carbocycles. The predicted molar refractivity (Wildman–Crippen MR) is 83.6 cm³/mol. The Bertz CT molecular complexity index is 681. The van der Waals surface area contributed by atoms with Crippen molar-refractivity contribution in [3.05, 3.63) is 5.82 Å². The van der Waals surface area contributed by atoms with Crippen LogP contribution in [-0.4, -0.2) is 51.9 Å². The van der Waals surface area contributed by atoms with Crippen molar-refractivity contribution in [2.24, 2.45) is 0 Å². The lowest BCUT2D eigenvalue weighted by Crippen LogP contribution is -2.40. The van der Waals surface area contributed by atoms with E-state index in [0.29, 0.717) is 12.5 Å². The fourth-order valence-electron chi connectivity index (χ4n) is 2.62. The van der Waals surface area contributed by atoms with Crippen LogP contribution >= 0.6 is 11.8 Å². The van der Waals surface area contributed by atoms with E-state index in [2.05, 4.69) is 20.1 Å². The lowest BCUT2D eigenvalue weighted by atomic mass is 10.2. The number of thioether (sulfide) groups is 1. The highest BCUT2D eigenvalue weighted by Crippen LogP contribution is 2.39. The number of nitrogens with zero attached hydrogens (tertiary/aromatic N) is 3. The number of sulfone groups is 1. The largest absolute Gasteiger partial charge is 0.351 e. The minimum atomic E-state index is -2.98. The molecule has 1 aliphatic carbocycles. The zero-order valence-electron chi connectivity index (χ0n) is 12.7. The number of aromatic nitrogens is 3. The molecule has 0 unspecified atom stereocenters. The maximum atomic E-state index is 12.2. The minimum Gasteiger partial charge on any atom is -0.351 e.